The third kappa shape index (κ3) is 7.03. The second-order valence-electron chi connectivity index (χ2n) is 7.49. The van der Waals surface area contributed by atoms with Crippen molar-refractivity contribution in [2.45, 2.75) is 39.5 Å². The molecule has 2 heterocycles. The predicted molar refractivity (Wildman–Crippen MR) is 111 cm³/mol. The fraction of sp³-hybridized carbons (Fsp3) is 0.789. The molecule has 0 amide bonds. The van der Waals surface area contributed by atoms with E-state index in [1.165, 1.54) is 0 Å². The van der Waals surface area contributed by atoms with Gasteiger partial charge in [-0.05, 0) is 12.8 Å². The molecule has 2 rings (SSSR count). The van der Waals surface area contributed by atoms with Gasteiger partial charge in [-0.15, -0.1) is 11.3 Å². The van der Waals surface area contributed by atoms with Crippen molar-refractivity contribution < 1.29 is 9.47 Å². The Morgan fingerprint density at radius 2 is 2.30 bits per heavy atom. The average molecular weight is 398 g/mol. The van der Waals surface area contributed by atoms with Gasteiger partial charge in [0.25, 0.3) is 0 Å². The maximum atomic E-state index is 5.92. The van der Waals surface area contributed by atoms with Crippen LogP contribution in [0, 0.1) is 5.92 Å². The summed E-state index contributed by atoms with van der Waals surface area (Å²) in [7, 11) is 5.55. The summed E-state index contributed by atoms with van der Waals surface area (Å²) in [4.78, 5) is 13.6. The van der Waals surface area contributed by atoms with Gasteiger partial charge >= 0.3 is 0 Å². The Morgan fingerprint density at radius 1 is 1.52 bits per heavy atom. The summed E-state index contributed by atoms with van der Waals surface area (Å²) >= 11 is 1.64. The quantitative estimate of drug-likeness (QED) is 0.536. The van der Waals surface area contributed by atoms with Crippen molar-refractivity contribution in [3.8, 4) is 0 Å². The molecule has 0 aliphatic carbocycles. The van der Waals surface area contributed by atoms with E-state index in [4.69, 9.17) is 9.47 Å². The number of hydrogen-bond donors (Lipinski definition) is 1. The van der Waals surface area contributed by atoms with Crippen LogP contribution in [-0.4, -0.2) is 80.8 Å². The Labute approximate surface area is 167 Å². The maximum Gasteiger partial charge on any atom is 0.193 e. The Balaban J connectivity index is 1.83. The smallest absolute Gasteiger partial charge is 0.193 e. The lowest BCUT2D eigenvalue weighted by Gasteiger charge is -2.34. The predicted octanol–water partition coefficient (Wildman–Crippen LogP) is 2.21. The van der Waals surface area contributed by atoms with E-state index in [2.05, 4.69) is 44.3 Å². The lowest BCUT2D eigenvalue weighted by molar-refractivity contribution is -0.0286. The van der Waals surface area contributed by atoms with Crippen molar-refractivity contribution in [2.75, 3.05) is 54.0 Å². The second-order valence-corrected chi connectivity index (χ2v) is 8.38. The molecule has 1 aromatic heterocycles. The number of ether oxygens (including phenoxy) is 2. The van der Waals surface area contributed by atoms with E-state index >= 15 is 0 Å². The van der Waals surface area contributed by atoms with Crippen LogP contribution < -0.4 is 5.32 Å². The third-order valence-electron chi connectivity index (χ3n) is 4.58. The van der Waals surface area contributed by atoms with Crippen LogP contribution in [0.2, 0.25) is 0 Å². The summed E-state index contributed by atoms with van der Waals surface area (Å²) < 4.78 is 11.3. The Morgan fingerprint density at radius 3 is 2.96 bits per heavy atom. The van der Waals surface area contributed by atoms with Crippen molar-refractivity contribution in [1.82, 2.24) is 20.1 Å². The highest BCUT2D eigenvalue weighted by molar-refractivity contribution is 7.09. The number of morpholine rings is 1. The number of thiazole rings is 1. The number of aliphatic imine (C=N–C) groups is 1. The normalized spacial score (nSPS) is 20.1. The summed E-state index contributed by atoms with van der Waals surface area (Å²) in [6, 6.07) is 0. The average Bonchev–Trinajstić information content (AvgIpc) is 3.09. The maximum absolute atomic E-state index is 5.92. The van der Waals surface area contributed by atoms with Gasteiger partial charge in [-0.2, -0.15) is 0 Å². The molecule has 154 valence electrons. The molecule has 0 radical (unpaired) electrons. The molecule has 2 atom stereocenters. The summed E-state index contributed by atoms with van der Waals surface area (Å²) in [5.74, 6) is 1.54. The van der Waals surface area contributed by atoms with E-state index in [0.717, 1.165) is 49.4 Å². The van der Waals surface area contributed by atoms with Gasteiger partial charge in [0.1, 0.15) is 11.1 Å². The molecule has 0 spiro atoms. The lowest BCUT2D eigenvalue weighted by Crippen LogP contribution is -2.50. The molecule has 1 aliphatic heterocycles. The zero-order valence-corrected chi connectivity index (χ0v) is 18.4. The number of methoxy groups -OCH3 is 1. The third-order valence-corrected chi connectivity index (χ3v) is 5.63. The second kappa shape index (κ2) is 10.9. The topological polar surface area (TPSA) is 62.2 Å². The Kier molecular flexibility index (Phi) is 8.95. The van der Waals surface area contributed by atoms with Crippen LogP contribution >= 0.6 is 11.3 Å². The summed E-state index contributed by atoms with van der Waals surface area (Å²) in [6.07, 6.45) is 0.222. The molecule has 1 aromatic rings. The molecule has 7 nitrogen and oxygen atoms in total. The van der Waals surface area contributed by atoms with E-state index in [9.17, 15) is 0 Å². The van der Waals surface area contributed by atoms with Gasteiger partial charge in [0.15, 0.2) is 5.96 Å². The molecule has 0 aromatic carbocycles. The van der Waals surface area contributed by atoms with Crippen LogP contribution in [-0.2, 0) is 16.0 Å². The van der Waals surface area contributed by atoms with E-state index in [0.29, 0.717) is 12.5 Å². The van der Waals surface area contributed by atoms with Gasteiger partial charge in [0.05, 0.1) is 24.9 Å². The molecular weight excluding hydrogens is 362 g/mol. The van der Waals surface area contributed by atoms with Gasteiger partial charge in [0.2, 0.25) is 0 Å². The summed E-state index contributed by atoms with van der Waals surface area (Å²) in [5, 5.41) is 6.54. The molecule has 8 heteroatoms. The first-order valence-corrected chi connectivity index (χ1v) is 10.5. The minimum atomic E-state index is 0.0312. The van der Waals surface area contributed by atoms with Gasteiger partial charge < -0.3 is 19.7 Å². The number of aromatic nitrogens is 1. The number of rotatable bonds is 8. The highest BCUT2D eigenvalue weighted by atomic mass is 32.1. The van der Waals surface area contributed by atoms with Crippen LogP contribution in [0.3, 0.4) is 0 Å². The van der Waals surface area contributed by atoms with Gasteiger partial charge in [-0.1, -0.05) is 13.8 Å². The van der Waals surface area contributed by atoms with E-state index < -0.39 is 0 Å². The Bertz CT molecular complexity index is 592. The zero-order chi connectivity index (χ0) is 19.8. The Hall–Kier alpha value is -1.22. The zero-order valence-electron chi connectivity index (χ0n) is 17.6. The molecule has 0 saturated carbocycles. The first-order chi connectivity index (χ1) is 12.9. The largest absolute Gasteiger partial charge is 0.375 e. The number of hydrogen-bond acceptors (Lipinski definition) is 6. The van der Waals surface area contributed by atoms with E-state index in [1.54, 1.807) is 18.4 Å². The van der Waals surface area contributed by atoms with Crippen LogP contribution in [0.5, 0.6) is 0 Å². The van der Waals surface area contributed by atoms with Crippen molar-refractivity contribution in [1.29, 1.82) is 0 Å². The van der Waals surface area contributed by atoms with Gasteiger partial charge in [-0.3, -0.25) is 9.89 Å². The van der Waals surface area contributed by atoms with Crippen LogP contribution in [0.15, 0.2) is 10.4 Å². The number of nitrogens with one attached hydrogen (secondary N) is 1. The standard InChI is InChI=1S/C19H35N5O2S/c1-14(2)10-24-7-8-26-17(12-24)9-21-19(20-4)23(5)11-16-13-27-18(22-16)15(3)25-6/h13-15,17H,7-12H2,1-6H3,(H,20,21). The van der Waals surface area contributed by atoms with Gasteiger partial charge in [0, 0.05) is 52.8 Å². The summed E-state index contributed by atoms with van der Waals surface area (Å²) in [5.41, 5.74) is 1.03. The van der Waals surface area contributed by atoms with E-state index in [1.807, 2.05) is 21.0 Å². The fourth-order valence-electron chi connectivity index (χ4n) is 3.18. The van der Waals surface area contributed by atoms with Crippen molar-refractivity contribution >= 4 is 17.3 Å². The number of guanidine groups is 1. The molecule has 0 bridgehead atoms. The molecular formula is C19H35N5O2S. The van der Waals surface area contributed by atoms with Crippen LogP contribution in [0.4, 0.5) is 0 Å². The van der Waals surface area contributed by atoms with E-state index in [-0.39, 0.29) is 12.2 Å². The monoisotopic (exact) mass is 397 g/mol. The summed E-state index contributed by atoms with van der Waals surface area (Å²) in [6.45, 7) is 11.9. The molecule has 2 unspecified atom stereocenters. The van der Waals surface area contributed by atoms with Crippen LogP contribution in [0.25, 0.3) is 0 Å². The molecule has 27 heavy (non-hydrogen) atoms. The highest BCUT2D eigenvalue weighted by Gasteiger charge is 2.21. The lowest BCUT2D eigenvalue weighted by atomic mass is 10.2. The minimum absolute atomic E-state index is 0.0312. The highest BCUT2D eigenvalue weighted by Crippen LogP contribution is 2.20. The van der Waals surface area contributed by atoms with Crippen LogP contribution in [0.1, 0.15) is 37.6 Å². The molecule has 1 fully saturated rings. The van der Waals surface area contributed by atoms with Crippen molar-refractivity contribution in [3.63, 3.8) is 0 Å². The number of nitrogens with zero attached hydrogens (tertiary/aromatic N) is 4. The fourth-order valence-corrected chi connectivity index (χ4v) is 4.02. The first kappa shape index (κ1) is 22.1. The van der Waals surface area contributed by atoms with Gasteiger partial charge in [-0.25, -0.2) is 4.98 Å². The van der Waals surface area contributed by atoms with Crippen molar-refractivity contribution in [2.24, 2.45) is 10.9 Å². The molecule has 1 saturated heterocycles. The molecule has 1 aliphatic rings. The van der Waals surface area contributed by atoms with Crippen molar-refractivity contribution in [3.05, 3.63) is 16.1 Å². The SMILES string of the molecule is CN=C(NCC1CN(CC(C)C)CCO1)N(C)Cc1csc(C(C)OC)n1. The first-order valence-electron chi connectivity index (χ1n) is 9.65. The molecule has 1 N–H and O–H groups in total. The minimum Gasteiger partial charge on any atom is -0.375 e.